The van der Waals surface area contributed by atoms with E-state index in [9.17, 15) is 0 Å². The Morgan fingerprint density at radius 2 is 1.73 bits per heavy atom. The number of methoxy groups -OCH3 is 3. The van der Waals surface area contributed by atoms with E-state index in [-0.39, 0.29) is 5.28 Å². The van der Waals surface area contributed by atoms with Gasteiger partial charge in [0.05, 0.1) is 38.6 Å². The van der Waals surface area contributed by atoms with Gasteiger partial charge in [0, 0.05) is 12.1 Å². The van der Waals surface area contributed by atoms with E-state index in [0.717, 1.165) is 15.9 Å². The molecule has 1 N–H and O–H groups in total. The highest BCUT2D eigenvalue weighted by atomic mass is 35.5. The van der Waals surface area contributed by atoms with E-state index in [2.05, 4.69) is 20.3 Å². The largest absolute Gasteiger partial charge is 0.493 e. The highest BCUT2D eigenvalue weighted by molar-refractivity contribution is 7.16. The molecule has 30 heavy (non-hydrogen) atoms. The predicted octanol–water partition coefficient (Wildman–Crippen LogP) is 5.33. The van der Waals surface area contributed by atoms with Crippen molar-refractivity contribution in [2.45, 2.75) is 13.8 Å². The fourth-order valence-electron chi connectivity index (χ4n) is 2.79. The van der Waals surface area contributed by atoms with Gasteiger partial charge in [0.2, 0.25) is 11.0 Å². The summed E-state index contributed by atoms with van der Waals surface area (Å²) in [4.78, 5) is 13.7. The summed E-state index contributed by atoms with van der Waals surface area (Å²) in [6.07, 6.45) is 3.51. The summed E-state index contributed by atoms with van der Waals surface area (Å²) in [5.74, 6) is 2.86. The molecule has 0 spiro atoms. The monoisotopic (exact) mass is 447 g/mol. The van der Waals surface area contributed by atoms with Gasteiger partial charge in [-0.05, 0) is 23.0 Å². The number of nitrogens with one attached hydrogen (secondary N) is 1. The number of ether oxygens (including phenoxy) is 3. The normalized spacial score (nSPS) is 10.3. The average Bonchev–Trinajstić information content (AvgIpc) is 3.43. The molecule has 0 amide bonds. The van der Waals surface area contributed by atoms with Gasteiger partial charge >= 0.3 is 0 Å². The number of fused-ring (bicyclic) bond motifs is 1. The maximum atomic E-state index is 6.02. The van der Waals surface area contributed by atoms with E-state index in [1.165, 1.54) is 11.3 Å². The van der Waals surface area contributed by atoms with Crippen molar-refractivity contribution in [3.8, 4) is 22.9 Å². The fraction of sp³-hybridized carbons (Fsp3) is 0.250. The molecule has 10 heteroatoms. The first-order chi connectivity index (χ1) is 14.6. The van der Waals surface area contributed by atoms with Crippen molar-refractivity contribution < 1.29 is 14.2 Å². The molecule has 0 aliphatic rings. The van der Waals surface area contributed by atoms with Gasteiger partial charge in [0.15, 0.2) is 11.5 Å². The SMILES string of the molecule is CC.COc1cc(-n2cnc(Nc3nc(Cl)nc4sccc34)c2)cc(OC)c1OC. The highest BCUT2D eigenvalue weighted by Gasteiger charge is 2.15. The number of rotatable bonds is 6. The van der Waals surface area contributed by atoms with Crippen LogP contribution in [0.15, 0.2) is 36.1 Å². The van der Waals surface area contributed by atoms with Crippen LogP contribution in [-0.4, -0.2) is 40.8 Å². The van der Waals surface area contributed by atoms with Crippen LogP contribution in [0.4, 0.5) is 11.6 Å². The molecule has 0 unspecified atom stereocenters. The summed E-state index contributed by atoms with van der Waals surface area (Å²) in [7, 11) is 4.72. The van der Waals surface area contributed by atoms with Crippen LogP contribution in [0, 0.1) is 0 Å². The van der Waals surface area contributed by atoms with Gasteiger partial charge in [-0.2, -0.15) is 4.98 Å². The van der Waals surface area contributed by atoms with Gasteiger partial charge in [0.25, 0.3) is 0 Å². The first-order valence-corrected chi connectivity index (χ1v) is 10.4. The summed E-state index contributed by atoms with van der Waals surface area (Å²) in [5, 5.41) is 6.20. The molecule has 0 atom stereocenters. The third kappa shape index (κ3) is 4.27. The van der Waals surface area contributed by atoms with Crippen molar-refractivity contribution in [3.63, 3.8) is 0 Å². The Kier molecular flexibility index (Phi) is 6.96. The minimum atomic E-state index is 0.182. The van der Waals surface area contributed by atoms with Crippen LogP contribution in [-0.2, 0) is 0 Å². The first kappa shape index (κ1) is 21.7. The Balaban J connectivity index is 0.00000124. The zero-order valence-electron chi connectivity index (χ0n) is 17.3. The van der Waals surface area contributed by atoms with Crippen LogP contribution in [0.1, 0.15) is 13.8 Å². The topological polar surface area (TPSA) is 83.3 Å². The number of hydrogen-bond donors (Lipinski definition) is 1. The van der Waals surface area contributed by atoms with Crippen molar-refractivity contribution in [3.05, 3.63) is 41.4 Å². The van der Waals surface area contributed by atoms with Crippen molar-refractivity contribution in [1.82, 2.24) is 19.5 Å². The predicted molar refractivity (Wildman–Crippen MR) is 120 cm³/mol. The Bertz CT molecular complexity index is 1120. The maximum absolute atomic E-state index is 6.02. The minimum absolute atomic E-state index is 0.182. The van der Waals surface area contributed by atoms with E-state index in [1.807, 2.05) is 48.2 Å². The lowest BCUT2D eigenvalue weighted by Crippen LogP contribution is -1.99. The summed E-state index contributed by atoms with van der Waals surface area (Å²) in [6, 6.07) is 5.62. The molecule has 0 bridgehead atoms. The molecule has 158 valence electrons. The van der Waals surface area contributed by atoms with E-state index in [0.29, 0.717) is 28.9 Å². The van der Waals surface area contributed by atoms with Gasteiger partial charge in [-0.25, -0.2) is 9.97 Å². The van der Waals surface area contributed by atoms with Crippen molar-refractivity contribution in [2.75, 3.05) is 26.6 Å². The number of halogens is 1. The first-order valence-electron chi connectivity index (χ1n) is 9.15. The van der Waals surface area contributed by atoms with Gasteiger partial charge in [-0.15, -0.1) is 11.3 Å². The lowest BCUT2D eigenvalue weighted by molar-refractivity contribution is 0.324. The molecule has 0 fully saturated rings. The van der Waals surface area contributed by atoms with Gasteiger partial charge < -0.3 is 24.1 Å². The van der Waals surface area contributed by atoms with Gasteiger partial charge in [0.1, 0.15) is 22.8 Å². The van der Waals surface area contributed by atoms with E-state index in [4.69, 9.17) is 25.8 Å². The van der Waals surface area contributed by atoms with Crippen molar-refractivity contribution >= 4 is 44.8 Å². The zero-order valence-corrected chi connectivity index (χ0v) is 18.8. The fourth-order valence-corrected chi connectivity index (χ4v) is 3.77. The summed E-state index contributed by atoms with van der Waals surface area (Å²) < 4.78 is 18.0. The van der Waals surface area contributed by atoms with Crippen LogP contribution < -0.4 is 19.5 Å². The molecule has 8 nitrogen and oxygen atoms in total. The third-order valence-corrected chi connectivity index (χ3v) is 5.05. The molecule has 0 saturated carbocycles. The molecule has 1 aromatic carbocycles. The Morgan fingerprint density at radius 1 is 1.03 bits per heavy atom. The van der Waals surface area contributed by atoms with Gasteiger partial charge in [-0.1, -0.05) is 13.8 Å². The quantitative estimate of drug-likeness (QED) is 0.400. The molecular formula is C20H22ClN5O3S. The van der Waals surface area contributed by atoms with E-state index >= 15 is 0 Å². The second-order valence-electron chi connectivity index (χ2n) is 5.66. The molecule has 0 aliphatic carbocycles. The summed E-state index contributed by atoms with van der Waals surface area (Å²) in [5.41, 5.74) is 0.802. The van der Waals surface area contributed by atoms with Crippen LogP contribution in [0.3, 0.4) is 0 Å². The van der Waals surface area contributed by atoms with Crippen LogP contribution in [0.2, 0.25) is 5.28 Å². The number of imidazole rings is 1. The summed E-state index contributed by atoms with van der Waals surface area (Å²) >= 11 is 7.52. The third-order valence-electron chi connectivity index (χ3n) is 4.07. The number of aromatic nitrogens is 4. The molecule has 4 aromatic rings. The van der Waals surface area contributed by atoms with Crippen molar-refractivity contribution in [1.29, 1.82) is 0 Å². The number of anilines is 2. The van der Waals surface area contributed by atoms with Crippen LogP contribution >= 0.6 is 22.9 Å². The Labute approximate surface area is 183 Å². The van der Waals surface area contributed by atoms with E-state index in [1.54, 1.807) is 27.7 Å². The maximum Gasteiger partial charge on any atom is 0.225 e. The standard InChI is InChI=1S/C18H16ClN5O3S.C2H6/c1-25-12-6-10(7-13(26-2)15(12)27-3)24-8-14(20-9-24)21-16-11-4-5-28-17(11)23-18(19)22-16;1-2/h4-9H,1-3H3,(H,21,22,23);1-2H3. The second kappa shape index (κ2) is 9.64. The minimum Gasteiger partial charge on any atom is -0.493 e. The molecule has 0 aliphatic heterocycles. The number of thiophene rings is 1. The lowest BCUT2D eigenvalue weighted by Gasteiger charge is -2.14. The lowest BCUT2D eigenvalue weighted by atomic mass is 10.2. The Hall–Kier alpha value is -3.04. The molecule has 3 heterocycles. The highest BCUT2D eigenvalue weighted by Crippen LogP contribution is 2.39. The van der Waals surface area contributed by atoms with E-state index < -0.39 is 0 Å². The average molecular weight is 448 g/mol. The summed E-state index contributed by atoms with van der Waals surface area (Å²) in [6.45, 7) is 4.00. The van der Waals surface area contributed by atoms with Crippen LogP contribution in [0.25, 0.3) is 15.9 Å². The van der Waals surface area contributed by atoms with Crippen LogP contribution in [0.5, 0.6) is 17.2 Å². The Morgan fingerprint density at radius 3 is 2.37 bits per heavy atom. The second-order valence-corrected chi connectivity index (χ2v) is 6.89. The molecule has 3 aromatic heterocycles. The number of benzene rings is 1. The number of nitrogens with zero attached hydrogens (tertiary/aromatic N) is 4. The molecule has 4 rings (SSSR count). The molecule has 0 radical (unpaired) electrons. The number of hydrogen-bond acceptors (Lipinski definition) is 8. The van der Waals surface area contributed by atoms with Gasteiger partial charge in [-0.3, -0.25) is 0 Å². The molecule has 0 saturated heterocycles. The smallest absolute Gasteiger partial charge is 0.225 e. The molecular weight excluding hydrogens is 426 g/mol. The van der Waals surface area contributed by atoms with Crippen molar-refractivity contribution in [2.24, 2.45) is 0 Å². The zero-order chi connectivity index (χ0) is 21.7.